The number of aromatic nitrogens is 2. The first-order valence-corrected chi connectivity index (χ1v) is 27.1. The number of alkyl halides is 2. The van der Waals surface area contributed by atoms with E-state index in [1.807, 2.05) is 6.92 Å². The molecule has 1 amide bonds. The second-order valence-electron chi connectivity index (χ2n) is 20.8. The molecule has 5 heterocycles. The lowest BCUT2D eigenvalue weighted by atomic mass is 9.59. The predicted octanol–water partition coefficient (Wildman–Crippen LogP) is 10.9. The van der Waals surface area contributed by atoms with Gasteiger partial charge in [-0.1, -0.05) is 38.1 Å². The third-order valence-corrected chi connectivity index (χ3v) is 18.2. The summed E-state index contributed by atoms with van der Waals surface area (Å²) < 4.78 is 74.7. The van der Waals surface area contributed by atoms with Crippen LogP contribution in [-0.2, 0) is 10.0 Å². The maximum atomic E-state index is 14.2. The van der Waals surface area contributed by atoms with Crippen LogP contribution in [0.4, 0.5) is 20.2 Å². The lowest BCUT2D eigenvalue weighted by Crippen LogP contribution is -2.54. The average molecular weight is 1020 g/mol. The summed E-state index contributed by atoms with van der Waals surface area (Å²) in [6.07, 6.45) is 11.7. The van der Waals surface area contributed by atoms with Crippen molar-refractivity contribution in [3.63, 3.8) is 0 Å². The molecule has 71 heavy (non-hydrogen) atoms. The maximum Gasteiger partial charge on any atom is 0.388 e. The minimum atomic E-state index is -4.78. The Labute approximate surface area is 416 Å². The van der Waals surface area contributed by atoms with Gasteiger partial charge >= 0.3 is 6.61 Å². The number of aliphatic hydroxyl groups is 1. The van der Waals surface area contributed by atoms with Crippen LogP contribution in [0.25, 0.3) is 11.0 Å². The van der Waals surface area contributed by atoms with Gasteiger partial charge in [-0.3, -0.25) is 19.8 Å². The number of hydrogen-bond donors (Lipinski definition) is 3. The number of thioether (sulfide) groups is 1. The number of carbonyl (C=O) groups is 1. The van der Waals surface area contributed by atoms with E-state index in [0.717, 1.165) is 57.6 Å². The van der Waals surface area contributed by atoms with Crippen LogP contribution < -0.4 is 23.8 Å². The quantitative estimate of drug-likeness (QED) is 0.0704. The van der Waals surface area contributed by atoms with Crippen molar-refractivity contribution >= 4 is 50.1 Å². The molecule has 1 spiro atoms. The van der Waals surface area contributed by atoms with E-state index in [2.05, 4.69) is 62.6 Å². The number of nitro groups is 1. The van der Waals surface area contributed by atoms with Crippen LogP contribution >= 0.6 is 11.8 Å². The Kier molecular flexibility index (Phi) is 13.5. The highest BCUT2D eigenvalue weighted by Gasteiger charge is 2.50. The minimum Gasteiger partial charge on any atom is -0.491 e. The lowest BCUT2D eigenvalue weighted by molar-refractivity contribution is -0.388. The number of benzene rings is 3. The van der Waals surface area contributed by atoms with Gasteiger partial charge in [0.25, 0.3) is 27.5 Å². The van der Waals surface area contributed by atoms with Gasteiger partial charge in [0, 0.05) is 65.9 Å². The number of likely N-dealkylation sites (tertiary alicyclic amines) is 1. The molecule has 378 valence electrons. The zero-order valence-corrected chi connectivity index (χ0v) is 41.7. The number of halogens is 2. The number of nitrogens with zero attached hydrogens (tertiary/aromatic N) is 4. The van der Waals surface area contributed by atoms with Gasteiger partial charge in [0.15, 0.2) is 5.75 Å². The van der Waals surface area contributed by atoms with Gasteiger partial charge < -0.3 is 29.2 Å². The number of rotatable bonds is 14. The number of aromatic amines is 1. The van der Waals surface area contributed by atoms with Crippen molar-refractivity contribution in [1.82, 2.24) is 19.6 Å². The molecular formula is C52H60F2N6O9S2. The van der Waals surface area contributed by atoms with E-state index in [0.29, 0.717) is 67.3 Å². The number of nitro benzene ring substituents is 1. The molecule has 0 radical (unpaired) electrons. The summed E-state index contributed by atoms with van der Waals surface area (Å²) in [7, 11) is -4.78. The van der Waals surface area contributed by atoms with Gasteiger partial charge in [0.2, 0.25) is 0 Å². The smallest absolute Gasteiger partial charge is 0.388 e. The number of pyridine rings is 1. The number of fused-ring (bicyclic) bond motifs is 2. The average Bonchev–Trinajstić information content (AvgIpc) is 4.01. The van der Waals surface area contributed by atoms with Crippen molar-refractivity contribution < 1.29 is 46.2 Å². The molecule has 19 heteroatoms. The van der Waals surface area contributed by atoms with Gasteiger partial charge in [-0.05, 0) is 137 Å². The number of ether oxygens (including phenoxy) is 3. The van der Waals surface area contributed by atoms with Gasteiger partial charge in [-0.25, -0.2) is 13.1 Å². The van der Waals surface area contributed by atoms with Crippen LogP contribution in [0.2, 0.25) is 0 Å². The first kappa shape index (κ1) is 49.1. The molecule has 5 aliphatic rings. The molecule has 2 aliphatic carbocycles. The van der Waals surface area contributed by atoms with E-state index in [1.54, 1.807) is 24.4 Å². The summed E-state index contributed by atoms with van der Waals surface area (Å²) in [5.41, 5.74) is 2.58. The molecule has 3 aromatic carbocycles. The highest BCUT2D eigenvalue weighted by molar-refractivity contribution is 8.00. The summed E-state index contributed by atoms with van der Waals surface area (Å²) in [5.74, 6) is -1.30. The van der Waals surface area contributed by atoms with Crippen LogP contribution in [0.1, 0.15) is 125 Å². The molecule has 2 saturated heterocycles. The number of anilines is 1. The van der Waals surface area contributed by atoms with Crippen LogP contribution in [0.15, 0.2) is 82.7 Å². The van der Waals surface area contributed by atoms with Crippen molar-refractivity contribution in [2.75, 3.05) is 31.1 Å². The first-order chi connectivity index (χ1) is 33.9. The third-order valence-electron chi connectivity index (χ3n) is 15.6. The van der Waals surface area contributed by atoms with Gasteiger partial charge in [-0.2, -0.15) is 13.8 Å². The van der Waals surface area contributed by atoms with Crippen molar-refractivity contribution in [3.05, 3.63) is 99.7 Å². The van der Waals surface area contributed by atoms with E-state index in [9.17, 15) is 37.2 Å². The summed E-state index contributed by atoms with van der Waals surface area (Å²) in [6, 6.07) is 19.7. The number of amides is 1. The lowest BCUT2D eigenvalue weighted by Gasteiger charge is -2.56. The second-order valence-corrected chi connectivity index (χ2v) is 23.8. The number of sulfonamides is 1. The number of piperidine rings is 1. The predicted molar refractivity (Wildman–Crippen MR) is 265 cm³/mol. The molecule has 0 unspecified atom stereocenters. The molecule has 2 atom stereocenters. The molecule has 2 aromatic heterocycles. The fourth-order valence-corrected chi connectivity index (χ4v) is 14.1. The van der Waals surface area contributed by atoms with Crippen LogP contribution in [-0.4, -0.2) is 89.0 Å². The van der Waals surface area contributed by atoms with Crippen LogP contribution in [0, 0.1) is 21.4 Å². The molecule has 3 N–H and O–H groups in total. The summed E-state index contributed by atoms with van der Waals surface area (Å²) in [4.78, 5) is 37.6. The molecule has 0 bridgehead atoms. The van der Waals surface area contributed by atoms with Crippen molar-refractivity contribution in [2.24, 2.45) is 11.3 Å². The largest absolute Gasteiger partial charge is 0.491 e. The first-order valence-electron chi connectivity index (χ1n) is 24.7. The van der Waals surface area contributed by atoms with Crippen LogP contribution in [0.5, 0.6) is 23.1 Å². The summed E-state index contributed by atoms with van der Waals surface area (Å²) in [5, 5.41) is 23.2. The maximum absolute atomic E-state index is 14.2. The number of hydrogen-bond acceptors (Lipinski definition) is 13. The van der Waals surface area contributed by atoms with E-state index in [4.69, 9.17) is 14.2 Å². The Balaban J connectivity index is 0.878. The highest BCUT2D eigenvalue weighted by Crippen LogP contribution is 2.55. The fourth-order valence-electron chi connectivity index (χ4n) is 11.7. The second kappa shape index (κ2) is 19.5. The molecule has 15 nitrogen and oxygen atoms in total. The van der Waals surface area contributed by atoms with Crippen molar-refractivity contribution in [1.29, 1.82) is 0 Å². The van der Waals surface area contributed by atoms with E-state index in [1.165, 1.54) is 47.5 Å². The molecule has 3 aliphatic heterocycles. The zero-order valence-electron chi connectivity index (χ0n) is 40.1. The number of carbonyl (C=O) groups excluding carboxylic acids is 1. The Morgan fingerprint density at radius 2 is 1.79 bits per heavy atom. The summed E-state index contributed by atoms with van der Waals surface area (Å²) >= 11 is 1.27. The molecule has 5 aromatic rings. The highest BCUT2D eigenvalue weighted by atomic mass is 32.2. The molecule has 10 rings (SSSR count). The molecule has 4 fully saturated rings. The number of H-pyrrole nitrogens is 1. The summed E-state index contributed by atoms with van der Waals surface area (Å²) in [6.45, 7) is 5.80. The van der Waals surface area contributed by atoms with E-state index in [-0.39, 0.29) is 50.6 Å². The van der Waals surface area contributed by atoms with E-state index < -0.39 is 49.5 Å². The fraction of sp³-hybridized carbons (Fsp3) is 0.500. The molecular weight excluding hydrogens is 955 g/mol. The Hall–Kier alpha value is -5.50. The van der Waals surface area contributed by atoms with Crippen molar-refractivity contribution in [3.8, 4) is 23.1 Å². The Bertz CT molecular complexity index is 2930. The van der Waals surface area contributed by atoms with Gasteiger partial charge in [-0.15, -0.1) is 11.8 Å². The SMILES string of the molecule is CC(C)c1ccccc1[C@H]1CCCN1C1CC2(CCN(c3ccc(C(=O)NS(=O)(=O)c4cc5c(c([N+](=O)[O-])c4)S[C@@H](C[C@H]4CC[C@](C)(O)CC4)CO5)c(Oc4cc5cc[nH]c5nc4OC(F)F)c3)CC2)C1. The van der Waals surface area contributed by atoms with Gasteiger partial charge in [0.05, 0.1) is 21.0 Å². The minimum absolute atomic E-state index is 0.0146. The Morgan fingerprint density at radius 3 is 2.52 bits per heavy atom. The monoisotopic (exact) mass is 1010 g/mol. The van der Waals surface area contributed by atoms with Crippen LogP contribution in [0.3, 0.4) is 0 Å². The van der Waals surface area contributed by atoms with Crippen molar-refractivity contribution in [2.45, 2.75) is 137 Å². The number of nitrogens with one attached hydrogen (secondary N) is 2. The normalized spacial score (nSPS) is 23.7. The molecule has 2 saturated carbocycles. The topological polar surface area (TPSA) is 189 Å². The van der Waals surface area contributed by atoms with E-state index >= 15 is 0 Å². The zero-order chi connectivity index (χ0) is 49.8. The standard InChI is InChI=1S/C52H60F2N6O9S2/c1-31(2)38-7-4-5-8-39(38)41-9-6-20-59(41)35-28-52(29-35)17-21-58(22-18-52)34-10-11-40(43(25-34)68-45-24-33-14-19-55-47(33)56-49(45)69-50(53)54)48(61)57-71(65,66)37-26-42(60(63)64)46-44(27-37)67-30-36(70-46)23-32-12-15-51(3,62)16-13-32/h4-5,7-8,10-11,14,19,24-27,31-32,35-36,41,50,62H,6,9,12-13,15-18,20-23,28-30H2,1-3H3,(H,55,56)(H,57,61)/t32-,36-,41+,51-/m0/s1. The third kappa shape index (κ3) is 10.3. The Morgan fingerprint density at radius 1 is 1.03 bits per heavy atom. The van der Waals surface area contributed by atoms with Gasteiger partial charge in [0.1, 0.15) is 28.6 Å².